The third-order valence-electron chi connectivity index (χ3n) is 22.8. The van der Waals surface area contributed by atoms with E-state index in [2.05, 4.69) is 0 Å². The van der Waals surface area contributed by atoms with Gasteiger partial charge >= 0.3 is 5.97 Å². The molecule has 29 atom stereocenters. The summed E-state index contributed by atoms with van der Waals surface area (Å²) >= 11 is 0. The molecule has 8 aliphatic rings. The van der Waals surface area contributed by atoms with Gasteiger partial charge in [-0.1, -0.05) is 210 Å². The van der Waals surface area contributed by atoms with E-state index in [0.29, 0.717) is 6.61 Å². The molecule has 0 aromatic heterocycles. The Bertz CT molecular complexity index is 3920. The van der Waals surface area contributed by atoms with Crippen LogP contribution in [0, 0.1) is 29.1 Å². The van der Waals surface area contributed by atoms with E-state index in [0.717, 1.165) is 33.4 Å². The van der Waals surface area contributed by atoms with Crippen molar-refractivity contribution in [1.29, 1.82) is 5.41 Å². The Morgan fingerprint density at radius 1 is 0.487 bits per heavy atom. The Hall–Kier alpha value is -6.42. The zero-order valence-electron chi connectivity index (χ0n) is 65.9. The molecule has 0 radical (unpaired) electrons. The van der Waals surface area contributed by atoms with Gasteiger partial charge in [-0.05, 0) is 62.4 Å². The third-order valence-corrected chi connectivity index (χ3v) is 22.8. The quantitative estimate of drug-likeness (QED) is 0.0261. The number of aliphatic hydroxyl groups is 2. The Morgan fingerprint density at radius 2 is 1.02 bits per heavy atom. The van der Waals surface area contributed by atoms with Gasteiger partial charge in [0, 0.05) is 41.9 Å². The van der Waals surface area contributed by atoms with E-state index < -0.39 is 183 Å². The molecule has 8 heterocycles. The zero-order valence-corrected chi connectivity index (χ0v) is 65.9. The van der Waals surface area contributed by atoms with Gasteiger partial charge in [0.15, 0.2) is 49.6 Å². The van der Waals surface area contributed by atoms with Crippen LogP contribution in [0.5, 0.6) is 0 Å². The lowest BCUT2D eigenvalue weighted by Gasteiger charge is -2.52. The highest BCUT2D eigenvalue weighted by atomic mass is 16.8. The smallest absolute Gasteiger partial charge is 0.303 e. The first-order chi connectivity index (χ1) is 54.7. The van der Waals surface area contributed by atoms with Crippen LogP contribution in [0.1, 0.15) is 109 Å². The number of rotatable bonds is 32. The predicted octanol–water partition coefficient (Wildman–Crippen LogP) is 11.0. The topological polar surface area (TPSA) is 275 Å². The molecule has 113 heavy (non-hydrogen) atoms. The summed E-state index contributed by atoms with van der Waals surface area (Å²) in [4.78, 5) is 13.2. The number of benzene rings is 6. The number of carbonyl (C=O) groups is 1. The minimum atomic E-state index is -1.86. The molecule has 6 aromatic rings. The van der Waals surface area contributed by atoms with Crippen LogP contribution >= 0.6 is 0 Å². The van der Waals surface area contributed by atoms with Crippen molar-refractivity contribution in [3.8, 4) is 0 Å². The second-order valence-corrected chi connectivity index (χ2v) is 31.7. The van der Waals surface area contributed by atoms with Crippen LogP contribution in [-0.2, 0) is 137 Å². The van der Waals surface area contributed by atoms with Crippen molar-refractivity contribution in [3.63, 3.8) is 0 Å². The number of fused-ring (bicyclic) bond motifs is 2. The summed E-state index contributed by atoms with van der Waals surface area (Å²) in [6.07, 6.45) is -24.7. The maximum atomic E-state index is 13.2. The van der Waals surface area contributed by atoms with Crippen molar-refractivity contribution in [2.45, 2.75) is 261 Å². The highest BCUT2D eigenvalue weighted by Gasteiger charge is 2.63. The molecular weight excluding hydrogens is 1450 g/mol. The predicted molar refractivity (Wildman–Crippen MR) is 407 cm³/mol. The molecule has 25 heteroatoms. The molecule has 14 rings (SSSR count). The average Bonchev–Trinajstić information content (AvgIpc) is 1.68. The largest absolute Gasteiger partial charge is 0.457 e. The lowest BCUT2D eigenvalue weighted by Crippen LogP contribution is -2.67. The molecule has 6 aromatic carbocycles. The fraction of sp³-hybridized carbons (Fsp3) is 0.568. The molecule has 8 aliphatic heterocycles. The molecule has 11 unspecified atom stereocenters. The first kappa shape index (κ1) is 83.1. The van der Waals surface area contributed by atoms with Crippen LogP contribution in [0.4, 0.5) is 0 Å². The lowest BCUT2D eigenvalue weighted by molar-refractivity contribution is -0.369. The van der Waals surface area contributed by atoms with Gasteiger partial charge in [0.05, 0.1) is 109 Å². The summed E-state index contributed by atoms with van der Waals surface area (Å²) in [6, 6.07) is 59.3. The van der Waals surface area contributed by atoms with Gasteiger partial charge in [-0.2, -0.15) is 0 Å². The standard InChI is InChI=1S/C88H111NO24/c1-51-42-98-84(78(97-47-63-37-25-15-26-38-63)67(51)106-86-80-88(50-99-86,49-94-44-60-31-19-12-20-32-60)113-83(110-80)64-39-27-16-28-40-64)108-73-57(7)100-69(72(55(5)89)105-77-76(75(102-58(8)91)65(41-90)103-81(77)92)109-85-79-71(52(2)56(6)101-85)111-87(9,10)112-79)53(3)70(73)107-82-54(4)68(95-45-61-33-21-13-22-34-61)74(96-46-62-35-23-14-24-36-62)66(104-82)48-93-43-59-29-17-11-18-30-59/h11-40,51-54,56-57,65-86,89-90,92H,41-50H2,1-10H3/t51-,52+,53-,54-,56?,57?,65?,66?,67?,68?,69-,70?,71+,72?,73+,74-,75+,76?,77-,78-,79?,80?,81+,82+,83+,84+,85+,86+,88+/m1/s1. The van der Waals surface area contributed by atoms with E-state index in [4.69, 9.17) is 99.5 Å². The fourth-order valence-corrected chi connectivity index (χ4v) is 16.7. The highest BCUT2D eigenvalue weighted by Crippen LogP contribution is 2.49. The summed E-state index contributed by atoms with van der Waals surface area (Å²) in [5, 5.41) is 33.1. The van der Waals surface area contributed by atoms with Crippen molar-refractivity contribution in [1.82, 2.24) is 0 Å². The van der Waals surface area contributed by atoms with E-state index in [9.17, 15) is 20.4 Å². The number of ether oxygens (including phenoxy) is 21. The fourth-order valence-electron chi connectivity index (χ4n) is 16.7. The molecule has 0 saturated carbocycles. The highest BCUT2D eigenvalue weighted by molar-refractivity contribution is 5.84. The van der Waals surface area contributed by atoms with E-state index in [-0.39, 0.29) is 70.4 Å². The summed E-state index contributed by atoms with van der Waals surface area (Å²) in [5.74, 6) is -3.65. The Labute approximate surface area is 661 Å². The molecule has 0 bridgehead atoms. The Morgan fingerprint density at radius 3 is 1.60 bits per heavy atom. The molecule has 0 spiro atoms. The van der Waals surface area contributed by atoms with Gasteiger partial charge in [-0.3, -0.25) is 4.79 Å². The van der Waals surface area contributed by atoms with E-state index in [1.165, 1.54) is 6.92 Å². The van der Waals surface area contributed by atoms with Crippen LogP contribution in [0.2, 0.25) is 0 Å². The molecule has 3 N–H and O–H groups in total. The van der Waals surface area contributed by atoms with Crippen molar-refractivity contribution in [2.75, 3.05) is 33.0 Å². The van der Waals surface area contributed by atoms with E-state index in [1.807, 2.05) is 224 Å². The van der Waals surface area contributed by atoms with Crippen molar-refractivity contribution in [2.24, 2.45) is 23.7 Å². The van der Waals surface area contributed by atoms with Crippen LogP contribution in [0.15, 0.2) is 182 Å². The van der Waals surface area contributed by atoms with Gasteiger partial charge in [0.2, 0.25) is 0 Å². The van der Waals surface area contributed by atoms with E-state index in [1.54, 1.807) is 20.8 Å². The van der Waals surface area contributed by atoms with Gasteiger partial charge in [-0.25, -0.2) is 0 Å². The first-order valence-corrected chi connectivity index (χ1v) is 39.8. The van der Waals surface area contributed by atoms with Crippen LogP contribution < -0.4 is 0 Å². The summed E-state index contributed by atoms with van der Waals surface area (Å²) in [5.41, 5.74) is 4.44. The Balaban J connectivity index is 0.817. The zero-order chi connectivity index (χ0) is 78.9. The lowest BCUT2D eigenvalue weighted by atomic mass is 9.83. The monoisotopic (exact) mass is 1570 g/mol. The van der Waals surface area contributed by atoms with Gasteiger partial charge in [0.1, 0.15) is 66.6 Å². The van der Waals surface area contributed by atoms with Crippen molar-refractivity contribution < 1.29 is 114 Å². The molecule has 8 fully saturated rings. The second kappa shape index (κ2) is 37.9. The molecule has 612 valence electrons. The third kappa shape index (κ3) is 19.7. The average molecular weight is 1570 g/mol. The van der Waals surface area contributed by atoms with Crippen molar-refractivity contribution >= 4 is 11.7 Å². The molecule has 0 amide bonds. The van der Waals surface area contributed by atoms with Gasteiger partial charge < -0.3 is 115 Å². The maximum absolute atomic E-state index is 13.2. The summed E-state index contributed by atoms with van der Waals surface area (Å²) in [6.45, 7) is 19.0. The normalized spacial score (nSPS) is 37.1. The molecule has 25 nitrogen and oxygen atoms in total. The number of nitrogens with one attached hydrogen (secondary N) is 1. The van der Waals surface area contributed by atoms with Gasteiger partial charge in [-0.15, -0.1) is 0 Å². The number of aliphatic hydroxyl groups excluding tert-OH is 2. The second-order valence-electron chi connectivity index (χ2n) is 31.7. The number of hydrogen-bond acceptors (Lipinski definition) is 25. The summed E-state index contributed by atoms with van der Waals surface area (Å²) < 4.78 is 145. The molecular formula is C88H111NO24. The first-order valence-electron chi connectivity index (χ1n) is 39.8. The van der Waals surface area contributed by atoms with Gasteiger partial charge in [0.25, 0.3) is 0 Å². The molecule has 8 saturated heterocycles. The number of hydrogen-bond donors (Lipinski definition) is 3. The minimum absolute atomic E-state index is 0.0329. The maximum Gasteiger partial charge on any atom is 0.303 e. The van der Waals surface area contributed by atoms with Crippen LogP contribution in [0.3, 0.4) is 0 Å². The SMILES string of the molecule is CC(=N)C(O[C@@H]1C(O[C@@H]2OC(C)[C@H](C)[C@@H]3OC(C)(C)OC23)[C@@H](OC(C)=O)C(CO)O[C@@H]1O)[C@@H]1OC(C)[C@H](O[C@@H]2OC[C@@H](C)C(O[C@@H]3OC[C@]4(COCc5ccccc5)O[C@@H](c5ccccc5)OC34)[C@H]2OCc2ccccc2)C(O[C@@H]2OC(COCc3ccccc3)[C@@H](OCc3ccccc3)C(OCc3ccccc3)[C@H]2C)[C@@H]1C. The number of carbonyl (C=O) groups excluding carboxylic acids is 1. The van der Waals surface area contributed by atoms with Crippen molar-refractivity contribution in [3.05, 3.63) is 215 Å². The summed E-state index contributed by atoms with van der Waals surface area (Å²) in [7, 11) is 0. The number of esters is 1. The Kier molecular flexibility index (Phi) is 27.9. The molecule has 0 aliphatic carbocycles. The van der Waals surface area contributed by atoms with Crippen LogP contribution in [0.25, 0.3) is 0 Å². The minimum Gasteiger partial charge on any atom is -0.457 e. The van der Waals surface area contributed by atoms with Crippen LogP contribution in [-0.4, -0.2) is 208 Å². The van der Waals surface area contributed by atoms with E-state index >= 15 is 0 Å².